The largest absolute Gasteiger partial charge is 0.388 e. The molecule has 208 valence electrons. The van der Waals surface area contributed by atoms with E-state index < -0.39 is 0 Å². The van der Waals surface area contributed by atoms with Gasteiger partial charge in [0.15, 0.2) is 0 Å². The van der Waals surface area contributed by atoms with Gasteiger partial charge in [-0.1, -0.05) is 128 Å². The molecular formula is C39H42N2. The molecule has 2 unspecified atom stereocenters. The van der Waals surface area contributed by atoms with Crippen molar-refractivity contribution >= 4 is 11.4 Å². The summed E-state index contributed by atoms with van der Waals surface area (Å²) in [4.78, 5) is 2.36. The summed E-state index contributed by atoms with van der Waals surface area (Å²) in [6.45, 7) is 4.76. The second-order valence-corrected chi connectivity index (χ2v) is 11.7. The van der Waals surface area contributed by atoms with Gasteiger partial charge in [-0.25, -0.2) is 0 Å². The molecule has 4 aromatic carbocycles. The Kier molecular flexibility index (Phi) is 8.59. The normalized spacial score (nSPS) is 19.1. The predicted molar refractivity (Wildman–Crippen MR) is 177 cm³/mol. The molecule has 0 saturated heterocycles. The van der Waals surface area contributed by atoms with Crippen molar-refractivity contribution < 1.29 is 0 Å². The van der Waals surface area contributed by atoms with E-state index in [4.69, 9.17) is 0 Å². The Morgan fingerprint density at radius 2 is 1.39 bits per heavy atom. The molecule has 1 heterocycles. The zero-order valence-electron chi connectivity index (χ0n) is 24.8. The lowest BCUT2D eigenvalue weighted by atomic mass is 9.74. The molecule has 0 spiro atoms. The number of fused-ring (bicyclic) bond motifs is 1. The van der Waals surface area contributed by atoms with E-state index in [-0.39, 0.29) is 10.8 Å². The number of hydrogen-bond acceptors (Lipinski definition) is 2. The smallest absolute Gasteiger partial charge is 0.0448 e. The Labute approximate surface area is 246 Å². The van der Waals surface area contributed by atoms with Crippen LogP contribution in [0, 0.1) is 0 Å². The average molecular weight is 539 g/mol. The summed E-state index contributed by atoms with van der Waals surface area (Å²) in [7, 11) is 4.20. The second kappa shape index (κ2) is 12.5. The van der Waals surface area contributed by atoms with Gasteiger partial charge < -0.3 is 10.2 Å². The number of hydrogen-bond donors (Lipinski definition) is 1. The molecule has 0 fully saturated rings. The van der Waals surface area contributed by atoms with Crippen LogP contribution in [0.1, 0.15) is 42.5 Å². The summed E-state index contributed by atoms with van der Waals surface area (Å²) in [6.07, 6.45) is 14.1. The summed E-state index contributed by atoms with van der Waals surface area (Å²) in [6, 6.07) is 39.2. The predicted octanol–water partition coefficient (Wildman–Crippen LogP) is 9.27. The third kappa shape index (κ3) is 6.07. The minimum absolute atomic E-state index is 0.0364. The van der Waals surface area contributed by atoms with E-state index in [1.807, 2.05) is 7.05 Å². The van der Waals surface area contributed by atoms with Crippen molar-refractivity contribution in [3.63, 3.8) is 0 Å². The fourth-order valence-electron chi connectivity index (χ4n) is 6.52. The van der Waals surface area contributed by atoms with E-state index in [1.165, 1.54) is 39.3 Å². The van der Waals surface area contributed by atoms with Crippen LogP contribution in [-0.2, 0) is 23.7 Å². The maximum atomic E-state index is 3.42. The molecule has 0 amide bonds. The maximum absolute atomic E-state index is 3.42. The Balaban J connectivity index is 1.38. The molecule has 2 heteroatoms. The van der Waals surface area contributed by atoms with E-state index in [0.717, 1.165) is 19.3 Å². The van der Waals surface area contributed by atoms with Crippen LogP contribution < -0.4 is 10.2 Å². The summed E-state index contributed by atoms with van der Waals surface area (Å²) in [5.41, 5.74) is 9.14. The molecule has 1 N–H and O–H groups in total. The van der Waals surface area contributed by atoms with Crippen LogP contribution in [0.5, 0.6) is 0 Å². The average Bonchev–Trinajstić information content (AvgIpc) is 3.21. The highest BCUT2D eigenvalue weighted by atomic mass is 15.2. The van der Waals surface area contributed by atoms with Crippen molar-refractivity contribution in [2.24, 2.45) is 0 Å². The standard InChI is InChI=1S/C39H42N2/c1-38(29-31-19-9-7-10-20-31,33-23-14-16-25-35(33)40-3)28-18-6-5-13-27-37-39(2,30-32-21-11-8-12-22-32)34-24-15-17-26-36(34)41(37)4/h5-27,40H,28-30H2,1-4H3/b13-5+,18-6+,37-27+. The number of likely N-dealkylation sites (N-methyl/N-ethyl adjacent to an activating group) is 1. The highest BCUT2D eigenvalue weighted by Crippen LogP contribution is 2.48. The van der Waals surface area contributed by atoms with Gasteiger partial charge in [-0.15, -0.1) is 0 Å². The number of rotatable bonds is 10. The van der Waals surface area contributed by atoms with Gasteiger partial charge in [0.05, 0.1) is 0 Å². The summed E-state index contributed by atoms with van der Waals surface area (Å²) >= 11 is 0. The molecule has 0 bridgehead atoms. The van der Waals surface area contributed by atoms with E-state index >= 15 is 0 Å². The quantitative estimate of drug-likeness (QED) is 0.202. The summed E-state index contributed by atoms with van der Waals surface area (Å²) in [5, 5.41) is 3.42. The molecule has 0 aliphatic carbocycles. The van der Waals surface area contributed by atoms with Crippen LogP contribution in [0.3, 0.4) is 0 Å². The van der Waals surface area contributed by atoms with Gasteiger partial charge in [-0.05, 0) is 66.6 Å². The third-order valence-electron chi connectivity index (χ3n) is 8.65. The second-order valence-electron chi connectivity index (χ2n) is 11.7. The lowest BCUT2D eigenvalue weighted by Crippen LogP contribution is -2.28. The molecule has 5 rings (SSSR count). The SMILES string of the molecule is CNc1ccccc1C(C)(C/C=C/C=C/C=C1/N(C)c2ccccc2C1(C)Cc1ccccc1)Cc1ccccc1. The third-order valence-corrected chi connectivity index (χ3v) is 8.65. The van der Waals surface area contributed by atoms with Gasteiger partial charge in [-0.3, -0.25) is 0 Å². The molecule has 1 aliphatic heterocycles. The molecular weight excluding hydrogens is 496 g/mol. The molecule has 2 atom stereocenters. The molecule has 2 nitrogen and oxygen atoms in total. The lowest BCUT2D eigenvalue weighted by Gasteiger charge is -2.31. The maximum Gasteiger partial charge on any atom is 0.0448 e. The van der Waals surface area contributed by atoms with Crippen molar-refractivity contribution in [2.75, 3.05) is 24.3 Å². The van der Waals surface area contributed by atoms with Gasteiger partial charge in [0.25, 0.3) is 0 Å². The van der Waals surface area contributed by atoms with Crippen LogP contribution >= 0.6 is 0 Å². The number of anilines is 2. The number of nitrogens with zero attached hydrogens (tertiary/aromatic N) is 1. The molecule has 4 aromatic rings. The van der Waals surface area contributed by atoms with Crippen LogP contribution in [-0.4, -0.2) is 14.1 Å². The fourth-order valence-corrected chi connectivity index (χ4v) is 6.52. The number of nitrogens with one attached hydrogen (secondary N) is 1. The molecule has 41 heavy (non-hydrogen) atoms. The Hall–Kier alpha value is -4.30. The van der Waals surface area contributed by atoms with Crippen LogP contribution in [0.25, 0.3) is 0 Å². The lowest BCUT2D eigenvalue weighted by molar-refractivity contribution is 0.476. The van der Waals surface area contributed by atoms with Crippen LogP contribution in [0.15, 0.2) is 145 Å². The topological polar surface area (TPSA) is 15.3 Å². The monoisotopic (exact) mass is 538 g/mol. The first kappa shape index (κ1) is 28.2. The minimum Gasteiger partial charge on any atom is -0.388 e. The number of benzene rings is 4. The van der Waals surface area contributed by atoms with E-state index in [0.29, 0.717) is 0 Å². The number of para-hydroxylation sites is 2. The van der Waals surface area contributed by atoms with Gasteiger partial charge in [0.2, 0.25) is 0 Å². The molecule has 0 saturated carbocycles. The van der Waals surface area contributed by atoms with Crippen molar-refractivity contribution in [2.45, 2.75) is 43.9 Å². The van der Waals surface area contributed by atoms with Crippen molar-refractivity contribution in [3.8, 4) is 0 Å². The zero-order valence-corrected chi connectivity index (χ0v) is 24.8. The molecule has 1 aliphatic rings. The van der Waals surface area contributed by atoms with Crippen LogP contribution in [0.2, 0.25) is 0 Å². The summed E-state index contributed by atoms with van der Waals surface area (Å²) in [5.74, 6) is 0. The van der Waals surface area contributed by atoms with E-state index in [9.17, 15) is 0 Å². The Morgan fingerprint density at radius 3 is 2.12 bits per heavy atom. The van der Waals surface area contributed by atoms with Gasteiger partial charge in [0, 0.05) is 42.0 Å². The zero-order chi connectivity index (χ0) is 28.7. The van der Waals surface area contributed by atoms with Gasteiger partial charge in [0.1, 0.15) is 0 Å². The number of allylic oxidation sites excluding steroid dienone is 6. The van der Waals surface area contributed by atoms with Crippen molar-refractivity contribution in [1.29, 1.82) is 0 Å². The highest BCUT2D eigenvalue weighted by Gasteiger charge is 2.41. The molecule has 0 radical (unpaired) electrons. The molecule has 0 aromatic heterocycles. The Morgan fingerprint density at radius 1 is 0.756 bits per heavy atom. The van der Waals surface area contributed by atoms with E-state index in [1.54, 1.807) is 0 Å². The Bertz CT molecular complexity index is 1530. The van der Waals surface area contributed by atoms with Gasteiger partial charge in [-0.2, -0.15) is 0 Å². The van der Waals surface area contributed by atoms with Crippen LogP contribution in [0.4, 0.5) is 11.4 Å². The van der Waals surface area contributed by atoms with Crippen molar-refractivity contribution in [3.05, 3.63) is 168 Å². The first-order chi connectivity index (χ1) is 19.9. The van der Waals surface area contributed by atoms with Gasteiger partial charge >= 0.3 is 0 Å². The fraction of sp³-hybridized carbons (Fsp3) is 0.231. The first-order valence-corrected chi connectivity index (χ1v) is 14.7. The van der Waals surface area contributed by atoms with E-state index in [2.05, 4.69) is 171 Å². The highest BCUT2D eigenvalue weighted by molar-refractivity contribution is 5.71. The summed E-state index contributed by atoms with van der Waals surface area (Å²) < 4.78 is 0. The minimum atomic E-state index is -0.0914. The first-order valence-electron chi connectivity index (χ1n) is 14.7. The van der Waals surface area contributed by atoms with Crippen molar-refractivity contribution in [1.82, 2.24) is 0 Å².